The molecule has 1 amide bonds. The Morgan fingerprint density at radius 2 is 1.72 bits per heavy atom. The molecule has 2 heterocycles. The zero-order chi connectivity index (χ0) is 33.8. The van der Waals surface area contributed by atoms with Crippen LogP contribution in [0.1, 0.15) is 88.7 Å². The molecule has 10 heteroatoms. The average molecular weight is 708 g/mol. The van der Waals surface area contributed by atoms with E-state index in [-0.39, 0.29) is 34.7 Å². The normalized spacial score (nSPS) is 20.1. The summed E-state index contributed by atoms with van der Waals surface area (Å²) in [6.45, 7) is 11.6. The van der Waals surface area contributed by atoms with E-state index in [1.165, 1.54) is 17.4 Å². The molecule has 3 aromatic rings. The number of thiazole rings is 1. The lowest BCUT2D eigenvalue weighted by Crippen LogP contribution is -2.53. The van der Waals surface area contributed by atoms with Crippen LogP contribution in [0.2, 0.25) is 10.0 Å². The van der Waals surface area contributed by atoms with E-state index >= 15 is 0 Å². The van der Waals surface area contributed by atoms with E-state index in [9.17, 15) is 18.2 Å². The van der Waals surface area contributed by atoms with Gasteiger partial charge in [0.25, 0.3) is 0 Å². The number of halogens is 3. The number of benzene rings is 2. The van der Waals surface area contributed by atoms with Crippen LogP contribution >= 0.6 is 34.5 Å². The second kappa shape index (κ2) is 15.4. The van der Waals surface area contributed by atoms with E-state index < -0.39 is 26.8 Å². The zero-order valence-electron chi connectivity index (χ0n) is 27.5. The van der Waals surface area contributed by atoms with Crippen LogP contribution in [0.3, 0.4) is 0 Å². The monoisotopic (exact) mass is 706 g/mol. The van der Waals surface area contributed by atoms with Gasteiger partial charge in [0, 0.05) is 67.6 Å². The number of carbonyl (C=O) groups is 2. The van der Waals surface area contributed by atoms with E-state index in [2.05, 4.69) is 4.98 Å². The third-order valence-corrected chi connectivity index (χ3v) is 12.1. The van der Waals surface area contributed by atoms with Gasteiger partial charge in [-0.25, -0.2) is 9.37 Å². The topological polar surface area (TPSA) is 67.3 Å². The molecule has 5 nitrogen and oxygen atoms in total. The van der Waals surface area contributed by atoms with Crippen LogP contribution in [0.15, 0.2) is 54.7 Å². The first kappa shape index (κ1) is 36.7. The molecule has 0 N–H and O–H groups in total. The Morgan fingerprint density at radius 1 is 1.04 bits per heavy atom. The van der Waals surface area contributed by atoms with Gasteiger partial charge in [0.1, 0.15) is 11.6 Å². The summed E-state index contributed by atoms with van der Waals surface area (Å²) in [7, 11) is -1.13. The molecule has 0 spiro atoms. The lowest BCUT2D eigenvalue weighted by molar-refractivity contribution is -0.145. The Kier molecular flexibility index (Phi) is 12.3. The SMILES string of the molecule is CC(C)(C)C(=O)Cc1cnc(CC2CCC(c3ccc(Cl)c(F)c3)N(C(CS(=O)C(C)(C)C)C3CC3)C2=O)s1.Clc1ccccc1. The minimum atomic E-state index is -1.13. The second-order valence-corrected chi connectivity index (χ2v) is 18.6. The molecule has 0 bridgehead atoms. The van der Waals surface area contributed by atoms with Crippen molar-refractivity contribution in [3.05, 3.63) is 86.0 Å². The van der Waals surface area contributed by atoms with Gasteiger partial charge in [0.15, 0.2) is 0 Å². The molecule has 1 saturated heterocycles. The highest BCUT2D eigenvalue weighted by Gasteiger charge is 2.46. The van der Waals surface area contributed by atoms with Crippen LogP contribution in [0.4, 0.5) is 4.39 Å². The number of likely N-dealkylation sites (tertiary alicyclic amines) is 1. The number of amides is 1. The molecule has 5 rings (SSSR count). The minimum Gasteiger partial charge on any atom is -0.331 e. The fourth-order valence-corrected chi connectivity index (χ4v) is 8.03. The van der Waals surface area contributed by atoms with Crippen LogP contribution in [0, 0.1) is 23.1 Å². The summed E-state index contributed by atoms with van der Waals surface area (Å²) >= 11 is 13.0. The molecular weight excluding hydrogens is 662 g/mol. The van der Waals surface area contributed by atoms with Gasteiger partial charge in [-0.1, -0.05) is 68.2 Å². The number of piperidine rings is 1. The quantitative estimate of drug-likeness (QED) is 0.222. The molecule has 2 fully saturated rings. The Labute approximate surface area is 289 Å². The number of ketones is 1. The van der Waals surface area contributed by atoms with Gasteiger partial charge in [-0.2, -0.15) is 0 Å². The van der Waals surface area contributed by atoms with E-state index in [0.717, 1.165) is 33.3 Å². The molecule has 46 heavy (non-hydrogen) atoms. The summed E-state index contributed by atoms with van der Waals surface area (Å²) in [6, 6.07) is 13.8. The molecule has 4 unspecified atom stereocenters. The molecule has 0 radical (unpaired) electrons. The highest BCUT2D eigenvalue weighted by Crippen LogP contribution is 2.45. The number of rotatable bonds is 9. The van der Waals surface area contributed by atoms with Crippen molar-refractivity contribution < 1.29 is 18.2 Å². The lowest BCUT2D eigenvalue weighted by atomic mass is 9.85. The third-order valence-electron chi connectivity index (χ3n) is 8.51. The first-order valence-corrected chi connectivity index (χ1v) is 18.8. The van der Waals surface area contributed by atoms with Gasteiger partial charge in [-0.15, -0.1) is 11.3 Å². The van der Waals surface area contributed by atoms with Crippen molar-refractivity contribution >= 4 is 57.0 Å². The lowest BCUT2D eigenvalue weighted by Gasteiger charge is -2.45. The molecular formula is C36H45Cl2FN2O3S2. The van der Waals surface area contributed by atoms with Crippen LogP contribution < -0.4 is 0 Å². The largest absolute Gasteiger partial charge is 0.331 e. The fraction of sp³-hybridized carbons (Fsp3) is 0.528. The molecule has 1 aliphatic carbocycles. The summed E-state index contributed by atoms with van der Waals surface area (Å²) < 4.78 is 27.4. The maximum Gasteiger partial charge on any atom is 0.226 e. The van der Waals surface area contributed by atoms with Crippen LogP contribution in [-0.4, -0.2) is 42.3 Å². The summed E-state index contributed by atoms with van der Waals surface area (Å²) in [5.74, 6) is 0.135. The Bertz CT molecular complexity index is 1530. The maximum absolute atomic E-state index is 14.5. The zero-order valence-corrected chi connectivity index (χ0v) is 30.7. The van der Waals surface area contributed by atoms with Crippen molar-refractivity contribution in [2.75, 3.05) is 5.75 Å². The van der Waals surface area contributed by atoms with Gasteiger partial charge in [-0.05, 0) is 82.2 Å². The predicted molar refractivity (Wildman–Crippen MR) is 188 cm³/mol. The van der Waals surface area contributed by atoms with Crippen LogP contribution in [-0.2, 0) is 33.2 Å². The van der Waals surface area contributed by atoms with E-state index in [1.54, 1.807) is 18.3 Å². The van der Waals surface area contributed by atoms with E-state index in [1.807, 2.05) is 76.8 Å². The molecule has 4 atom stereocenters. The van der Waals surface area contributed by atoms with Gasteiger partial charge in [-0.3, -0.25) is 13.8 Å². The molecule has 1 aromatic heterocycles. The number of hydrogen-bond acceptors (Lipinski definition) is 5. The summed E-state index contributed by atoms with van der Waals surface area (Å²) in [6.07, 6.45) is 5.94. The van der Waals surface area contributed by atoms with E-state index in [0.29, 0.717) is 37.4 Å². The van der Waals surface area contributed by atoms with Crippen LogP contribution in [0.25, 0.3) is 0 Å². The maximum atomic E-state index is 14.5. The Balaban J connectivity index is 0.000000606. The van der Waals surface area contributed by atoms with E-state index in [4.69, 9.17) is 23.2 Å². The van der Waals surface area contributed by atoms with Gasteiger partial charge < -0.3 is 4.90 Å². The number of Topliss-reactive ketones (excluding diaryl/α,β-unsaturated/α-hetero) is 1. The van der Waals surface area contributed by atoms with Crippen molar-refractivity contribution in [2.24, 2.45) is 17.3 Å². The molecule has 250 valence electrons. The highest BCUT2D eigenvalue weighted by atomic mass is 35.5. The smallest absolute Gasteiger partial charge is 0.226 e. The molecule has 2 aromatic carbocycles. The van der Waals surface area contributed by atoms with Crippen molar-refractivity contribution in [1.29, 1.82) is 0 Å². The number of carbonyl (C=O) groups excluding carboxylic acids is 2. The molecule has 1 aliphatic heterocycles. The van der Waals surface area contributed by atoms with Crippen molar-refractivity contribution in [2.45, 2.75) is 96.9 Å². The fourth-order valence-electron chi connectivity index (χ4n) is 5.52. The van der Waals surface area contributed by atoms with Gasteiger partial charge in [0.2, 0.25) is 5.91 Å². The van der Waals surface area contributed by atoms with Crippen LogP contribution in [0.5, 0.6) is 0 Å². The molecule has 1 saturated carbocycles. The van der Waals surface area contributed by atoms with Gasteiger partial charge in [0.05, 0.1) is 16.1 Å². The van der Waals surface area contributed by atoms with Crippen molar-refractivity contribution in [3.8, 4) is 0 Å². The third kappa shape index (κ3) is 9.94. The second-order valence-electron chi connectivity index (χ2n) is 14.3. The first-order chi connectivity index (χ1) is 21.5. The summed E-state index contributed by atoms with van der Waals surface area (Å²) in [5, 5.41) is 1.70. The number of aromatic nitrogens is 1. The van der Waals surface area contributed by atoms with Crippen molar-refractivity contribution in [3.63, 3.8) is 0 Å². The average Bonchev–Trinajstić information content (AvgIpc) is 3.73. The predicted octanol–water partition coefficient (Wildman–Crippen LogP) is 9.28. The minimum absolute atomic E-state index is 0.0203. The number of nitrogens with zero attached hydrogens (tertiary/aromatic N) is 2. The Morgan fingerprint density at radius 3 is 2.26 bits per heavy atom. The highest BCUT2D eigenvalue weighted by molar-refractivity contribution is 7.86. The number of hydrogen-bond donors (Lipinski definition) is 0. The molecule has 2 aliphatic rings. The van der Waals surface area contributed by atoms with Crippen molar-refractivity contribution in [1.82, 2.24) is 9.88 Å². The summed E-state index contributed by atoms with van der Waals surface area (Å²) in [4.78, 5) is 34.1. The summed E-state index contributed by atoms with van der Waals surface area (Å²) in [5.41, 5.74) is 0.318. The first-order valence-electron chi connectivity index (χ1n) is 15.9. The Hall–Kier alpha value is -2.13. The van der Waals surface area contributed by atoms with Gasteiger partial charge >= 0.3 is 0 Å². The standard InChI is InChI=1S/C30H40ClFN2O3S2.C6H5Cl/c1-29(2,3)26(35)15-21-16-33-27(38-21)14-20-10-12-24(19-9-11-22(31)23(32)13-19)34(28(20)36)25(18-7-8-18)17-39(37)30(4,5)6;7-6-4-2-1-3-5-6/h9,11,13,16,18,20,24-25H,7-8,10,12,14-15,17H2,1-6H3;1-5H.